The van der Waals surface area contributed by atoms with Crippen LogP contribution < -0.4 is 0 Å². The summed E-state index contributed by atoms with van der Waals surface area (Å²) in [6.45, 7) is 0. The largest absolute Gasteiger partial charge is 0.480 e. The van der Waals surface area contributed by atoms with Crippen molar-refractivity contribution in [3.63, 3.8) is 0 Å². The molecule has 0 amide bonds. The van der Waals surface area contributed by atoms with Crippen molar-refractivity contribution in [3.05, 3.63) is 0 Å². The highest BCUT2D eigenvalue weighted by molar-refractivity contribution is 5.74. The molecule has 2 saturated carbocycles. The van der Waals surface area contributed by atoms with Gasteiger partial charge in [0, 0.05) is 12.1 Å². The molecule has 96 valence electrons. The van der Waals surface area contributed by atoms with Gasteiger partial charge in [0.2, 0.25) is 0 Å². The molecule has 3 fully saturated rings. The third kappa shape index (κ3) is 1.99. The summed E-state index contributed by atoms with van der Waals surface area (Å²) in [5, 5.41) is 9.45. The third-order valence-electron chi connectivity index (χ3n) is 5.17. The highest BCUT2D eigenvalue weighted by Crippen LogP contribution is 2.43. The zero-order valence-corrected chi connectivity index (χ0v) is 10.5. The van der Waals surface area contributed by atoms with E-state index in [9.17, 15) is 9.90 Å². The SMILES string of the molecule is O=C(O)C1CC2CCCCC2N1C1CCCC1. The number of carboxylic acids is 1. The van der Waals surface area contributed by atoms with Crippen LogP contribution in [-0.4, -0.2) is 34.1 Å². The minimum Gasteiger partial charge on any atom is -0.480 e. The van der Waals surface area contributed by atoms with Crippen LogP contribution in [0, 0.1) is 5.92 Å². The lowest BCUT2D eigenvalue weighted by Crippen LogP contribution is -2.47. The Labute approximate surface area is 103 Å². The number of rotatable bonds is 2. The lowest BCUT2D eigenvalue weighted by Gasteiger charge is -2.37. The molecule has 3 heteroatoms. The molecule has 0 radical (unpaired) electrons. The van der Waals surface area contributed by atoms with E-state index in [-0.39, 0.29) is 6.04 Å². The molecule has 1 N–H and O–H groups in total. The predicted molar refractivity (Wildman–Crippen MR) is 65.9 cm³/mol. The molecule has 0 aromatic rings. The Hall–Kier alpha value is -0.570. The summed E-state index contributed by atoms with van der Waals surface area (Å²) >= 11 is 0. The monoisotopic (exact) mass is 237 g/mol. The van der Waals surface area contributed by atoms with Gasteiger partial charge in [0.25, 0.3) is 0 Å². The first kappa shape index (κ1) is 11.5. The van der Waals surface area contributed by atoms with Crippen molar-refractivity contribution in [2.75, 3.05) is 0 Å². The van der Waals surface area contributed by atoms with Crippen LogP contribution in [0.2, 0.25) is 0 Å². The fourth-order valence-corrected chi connectivity index (χ4v) is 4.45. The maximum absolute atomic E-state index is 11.5. The molecule has 3 aliphatic rings. The second kappa shape index (κ2) is 4.60. The van der Waals surface area contributed by atoms with E-state index in [1.807, 2.05) is 0 Å². The van der Waals surface area contributed by atoms with Crippen LogP contribution in [0.1, 0.15) is 57.8 Å². The van der Waals surface area contributed by atoms with Crippen molar-refractivity contribution in [3.8, 4) is 0 Å². The van der Waals surface area contributed by atoms with E-state index in [0.29, 0.717) is 18.0 Å². The summed E-state index contributed by atoms with van der Waals surface area (Å²) in [7, 11) is 0. The van der Waals surface area contributed by atoms with Gasteiger partial charge in [-0.1, -0.05) is 25.7 Å². The number of nitrogens with zero attached hydrogens (tertiary/aromatic N) is 1. The predicted octanol–water partition coefficient (Wildman–Crippen LogP) is 2.65. The molecule has 3 rings (SSSR count). The van der Waals surface area contributed by atoms with Gasteiger partial charge in [0.15, 0.2) is 0 Å². The number of likely N-dealkylation sites (tertiary alicyclic amines) is 1. The van der Waals surface area contributed by atoms with E-state index >= 15 is 0 Å². The van der Waals surface area contributed by atoms with E-state index in [1.165, 1.54) is 51.4 Å². The summed E-state index contributed by atoms with van der Waals surface area (Å²) in [5.41, 5.74) is 0. The quantitative estimate of drug-likeness (QED) is 0.802. The van der Waals surface area contributed by atoms with Crippen LogP contribution in [0.15, 0.2) is 0 Å². The van der Waals surface area contributed by atoms with Gasteiger partial charge in [-0.25, -0.2) is 0 Å². The fourth-order valence-electron chi connectivity index (χ4n) is 4.45. The molecule has 1 saturated heterocycles. The molecule has 0 bridgehead atoms. The minimum atomic E-state index is -0.577. The van der Waals surface area contributed by atoms with Gasteiger partial charge in [-0.05, 0) is 38.0 Å². The van der Waals surface area contributed by atoms with Gasteiger partial charge in [0.05, 0.1) is 0 Å². The highest BCUT2D eigenvalue weighted by atomic mass is 16.4. The third-order valence-corrected chi connectivity index (χ3v) is 5.17. The maximum atomic E-state index is 11.5. The Morgan fingerprint density at radius 1 is 1.00 bits per heavy atom. The fraction of sp³-hybridized carbons (Fsp3) is 0.929. The Morgan fingerprint density at radius 2 is 1.65 bits per heavy atom. The summed E-state index contributed by atoms with van der Waals surface area (Å²) in [6.07, 6.45) is 11.1. The van der Waals surface area contributed by atoms with E-state index in [2.05, 4.69) is 4.90 Å². The first-order valence-electron chi connectivity index (χ1n) is 7.27. The summed E-state index contributed by atoms with van der Waals surface area (Å²) in [4.78, 5) is 13.9. The lowest BCUT2D eigenvalue weighted by atomic mass is 9.84. The van der Waals surface area contributed by atoms with E-state index in [0.717, 1.165) is 6.42 Å². The number of hydrogen-bond donors (Lipinski definition) is 1. The topological polar surface area (TPSA) is 40.5 Å². The van der Waals surface area contributed by atoms with Crippen molar-refractivity contribution in [1.29, 1.82) is 0 Å². The number of aliphatic carboxylic acids is 1. The van der Waals surface area contributed by atoms with Crippen LogP contribution in [0.25, 0.3) is 0 Å². The molecular weight excluding hydrogens is 214 g/mol. The van der Waals surface area contributed by atoms with Crippen LogP contribution in [0.4, 0.5) is 0 Å². The zero-order valence-electron chi connectivity index (χ0n) is 10.5. The molecule has 0 aromatic heterocycles. The second-order valence-corrected chi connectivity index (χ2v) is 6.09. The number of fused-ring (bicyclic) bond motifs is 1. The van der Waals surface area contributed by atoms with Gasteiger partial charge >= 0.3 is 5.97 Å². The first-order valence-corrected chi connectivity index (χ1v) is 7.27. The Balaban J connectivity index is 1.81. The van der Waals surface area contributed by atoms with Gasteiger partial charge in [-0.3, -0.25) is 9.69 Å². The zero-order chi connectivity index (χ0) is 11.8. The maximum Gasteiger partial charge on any atom is 0.320 e. The summed E-state index contributed by atoms with van der Waals surface area (Å²) < 4.78 is 0. The van der Waals surface area contributed by atoms with E-state index < -0.39 is 5.97 Å². The summed E-state index contributed by atoms with van der Waals surface area (Å²) in [6, 6.07) is 0.989. The number of hydrogen-bond acceptors (Lipinski definition) is 2. The molecule has 3 unspecified atom stereocenters. The van der Waals surface area contributed by atoms with Gasteiger partial charge in [-0.15, -0.1) is 0 Å². The Morgan fingerprint density at radius 3 is 2.35 bits per heavy atom. The molecule has 17 heavy (non-hydrogen) atoms. The van der Waals surface area contributed by atoms with E-state index in [1.54, 1.807) is 0 Å². The second-order valence-electron chi connectivity index (χ2n) is 6.09. The van der Waals surface area contributed by atoms with Crippen molar-refractivity contribution >= 4 is 5.97 Å². The van der Waals surface area contributed by atoms with Crippen LogP contribution in [-0.2, 0) is 4.79 Å². The minimum absolute atomic E-state index is 0.175. The molecule has 1 aliphatic heterocycles. The Bertz CT molecular complexity index is 299. The van der Waals surface area contributed by atoms with Gasteiger partial charge in [-0.2, -0.15) is 0 Å². The number of carboxylic acid groups (broad SMARTS) is 1. The van der Waals surface area contributed by atoms with Crippen LogP contribution in [0.3, 0.4) is 0 Å². The first-order chi connectivity index (χ1) is 8.27. The molecule has 2 aliphatic carbocycles. The van der Waals surface area contributed by atoms with Crippen molar-refractivity contribution in [1.82, 2.24) is 4.90 Å². The average Bonchev–Trinajstić information content (AvgIpc) is 2.94. The van der Waals surface area contributed by atoms with Gasteiger partial charge in [0.1, 0.15) is 6.04 Å². The molecule has 0 spiro atoms. The average molecular weight is 237 g/mol. The highest BCUT2D eigenvalue weighted by Gasteiger charge is 2.48. The standard InChI is InChI=1S/C14H23NO2/c16-14(17)13-9-10-5-1-4-8-12(10)15(13)11-6-2-3-7-11/h10-13H,1-9H2,(H,16,17). The van der Waals surface area contributed by atoms with Crippen LogP contribution in [0.5, 0.6) is 0 Å². The van der Waals surface area contributed by atoms with Crippen molar-refractivity contribution < 1.29 is 9.90 Å². The summed E-state index contributed by atoms with van der Waals surface area (Å²) in [5.74, 6) is 0.0942. The molecular formula is C14H23NO2. The van der Waals surface area contributed by atoms with Crippen molar-refractivity contribution in [2.45, 2.75) is 75.9 Å². The number of carbonyl (C=O) groups is 1. The Kier molecular flexibility index (Phi) is 3.12. The normalized spacial score (nSPS) is 39.4. The van der Waals surface area contributed by atoms with Crippen molar-refractivity contribution in [2.24, 2.45) is 5.92 Å². The smallest absolute Gasteiger partial charge is 0.320 e. The lowest BCUT2D eigenvalue weighted by molar-refractivity contribution is -0.143. The van der Waals surface area contributed by atoms with E-state index in [4.69, 9.17) is 0 Å². The molecule has 1 heterocycles. The molecule has 0 aromatic carbocycles. The molecule has 3 nitrogen and oxygen atoms in total. The molecule has 3 atom stereocenters. The van der Waals surface area contributed by atoms with Crippen LogP contribution >= 0.6 is 0 Å². The van der Waals surface area contributed by atoms with Gasteiger partial charge < -0.3 is 5.11 Å².